The van der Waals surface area contributed by atoms with Crippen molar-refractivity contribution in [1.82, 2.24) is 10.2 Å². The van der Waals surface area contributed by atoms with E-state index in [0.717, 1.165) is 11.3 Å². The summed E-state index contributed by atoms with van der Waals surface area (Å²) in [6.45, 7) is 0.625. The third kappa shape index (κ3) is 4.27. The molecule has 0 radical (unpaired) electrons. The summed E-state index contributed by atoms with van der Waals surface area (Å²) in [5.74, 6) is -0.319. The van der Waals surface area contributed by atoms with Crippen molar-refractivity contribution in [3.05, 3.63) is 29.8 Å². The number of nitriles is 2. The Morgan fingerprint density at radius 1 is 1.24 bits per heavy atom. The standard InChI is InChI=1S/C18H21N5O2/c1-21-18(25)16-12-14-6-2-3-7-15(14)23(16)13-17(24)22(10-4-8-19)11-5-9-20/h2-3,6-7,16H,4-5,10-13H2,1H3,(H,21,25). The minimum Gasteiger partial charge on any atom is -0.357 e. The third-order valence-electron chi connectivity index (χ3n) is 4.28. The molecular formula is C18H21N5O2. The van der Waals surface area contributed by atoms with Gasteiger partial charge < -0.3 is 15.1 Å². The SMILES string of the molecule is CNC(=O)C1Cc2ccccc2N1CC(=O)N(CCC#N)CCC#N. The molecule has 0 saturated heterocycles. The van der Waals surface area contributed by atoms with E-state index in [-0.39, 0.29) is 44.3 Å². The van der Waals surface area contributed by atoms with Gasteiger partial charge in [0, 0.05) is 32.2 Å². The molecular weight excluding hydrogens is 318 g/mol. The summed E-state index contributed by atoms with van der Waals surface area (Å²) in [6.07, 6.45) is 0.985. The van der Waals surface area contributed by atoms with Crippen LogP contribution in [0.1, 0.15) is 18.4 Å². The number of para-hydroxylation sites is 1. The van der Waals surface area contributed by atoms with Crippen LogP contribution in [0.4, 0.5) is 5.69 Å². The van der Waals surface area contributed by atoms with Gasteiger partial charge in [-0.15, -0.1) is 0 Å². The molecule has 1 unspecified atom stereocenters. The molecule has 1 aromatic rings. The lowest BCUT2D eigenvalue weighted by molar-refractivity contribution is -0.129. The summed E-state index contributed by atoms with van der Waals surface area (Å²) in [4.78, 5) is 28.3. The van der Waals surface area contributed by atoms with Crippen molar-refractivity contribution in [2.75, 3.05) is 31.6 Å². The van der Waals surface area contributed by atoms with Gasteiger partial charge in [0.05, 0.1) is 31.5 Å². The molecule has 0 saturated carbocycles. The Labute approximate surface area is 147 Å². The topological polar surface area (TPSA) is 100 Å². The van der Waals surface area contributed by atoms with Crippen molar-refractivity contribution in [2.45, 2.75) is 25.3 Å². The molecule has 1 aliphatic rings. The maximum atomic E-state index is 12.7. The number of benzene rings is 1. The van der Waals surface area contributed by atoms with E-state index in [1.54, 1.807) is 7.05 Å². The van der Waals surface area contributed by atoms with Crippen LogP contribution in [-0.2, 0) is 16.0 Å². The number of nitrogens with one attached hydrogen (secondary N) is 1. The zero-order valence-electron chi connectivity index (χ0n) is 14.2. The lowest BCUT2D eigenvalue weighted by Gasteiger charge is -2.29. The van der Waals surface area contributed by atoms with Crippen LogP contribution in [0.2, 0.25) is 0 Å². The van der Waals surface area contributed by atoms with Crippen LogP contribution in [0, 0.1) is 22.7 Å². The molecule has 2 amide bonds. The predicted octanol–water partition coefficient (Wildman–Crippen LogP) is 0.820. The lowest BCUT2D eigenvalue weighted by Crippen LogP contribution is -2.49. The fourth-order valence-corrected chi connectivity index (χ4v) is 3.02. The van der Waals surface area contributed by atoms with Gasteiger partial charge in [-0.2, -0.15) is 10.5 Å². The molecule has 2 rings (SSSR count). The second-order valence-corrected chi connectivity index (χ2v) is 5.79. The number of fused-ring (bicyclic) bond motifs is 1. The highest BCUT2D eigenvalue weighted by Crippen LogP contribution is 2.31. The maximum absolute atomic E-state index is 12.7. The first-order valence-corrected chi connectivity index (χ1v) is 8.20. The molecule has 1 heterocycles. The van der Waals surface area contributed by atoms with Gasteiger partial charge in [0.1, 0.15) is 6.04 Å². The highest BCUT2D eigenvalue weighted by atomic mass is 16.2. The zero-order chi connectivity index (χ0) is 18.2. The molecule has 0 spiro atoms. The van der Waals surface area contributed by atoms with Gasteiger partial charge in [-0.25, -0.2) is 0 Å². The monoisotopic (exact) mass is 339 g/mol. The molecule has 1 aliphatic heterocycles. The summed E-state index contributed by atoms with van der Waals surface area (Å²) in [6, 6.07) is 11.3. The quantitative estimate of drug-likeness (QED) is 0.793. The van der Waals surface area contributed by atoms with E-state index in [1.165, 1.54) is 4.90 Å². The number of anilines is 1. The van der Waals surface area contributed by atoms with Crippen molar-refractivity contribution in [1.29, 1.82) is 10.5 Å². The Morgan fingerprint density at radius 2 is 1.88 bits per heavy atom. The molecule has 7 heteroatoms. The van der Waals surface area contributed by atoms with Crippen LogP contribution >= 0.6 is 0 Å². The minimum atomic E-state index is -0.430. The van der Waals surface area contributed by atoms with Crippen LogP contribution in [0.15, 0.2) is 24.3 Å². The first kappa shape index (κ1) is 18.3. The fourth-order valence-electron chi connectivity index (χ4n) is 3.02. The molecule has 0 aliphatic carbocycles. The summed E-state index contributed by atoms with van der Waals surface area (Å²) >= 11 is 0. The largest absolute Gasteiger partial charge is 0.357 e. The second kappa shape index (κ2) is 8.70. The van der Waals surface area contributed by atoms with Gasteiger partial charge in [0.15, 0.2) is 0 Å². The third-order valence-corrected chi connectivity index (χ3v) is 4.28. The molecule has 0 aromatic heterocycles. The van der Waals surface area contributed by atoms with E-state index in [4.69, 9.17) is 10.5 Å². The number of amides is 2. The fraction of sp³-hybridized carbons (Fsp3) is 0.444. The predicted molar refractivity (Wildman–Crippen MR) is 92.4 cm³/mol. The Hall–Kier alpha value is -3.06. The van der Waals surface area contributed by atoms with Crippen molar-refractivity contribution < 1.29 is 9.59 Å². The minimum absolute atomic E-state index is 0.0476. The van der Waals surface area contributed by atoms with E-state index in [2.05, 4.69) is 5.32 Å². The number of hydrogen-bond acceptors (Lipinski definition) is 5. The second-order valence-electron chi connectivity index (χ2n) is 5.79. The lowest BCUT2D eigenvalue weighted by atomic mass is 10.1. The summed E-state index contributed by atoms with van der Waals surface area (Å²) in [7, 11) is 1.58. The van der Waals surface area contributed by atoms with E-state index < -0.39 is 6.04 Å². The van der Waals surface area contributed by atoms with E-state index in [9.17, 15) is 9.59 Å². The average molecular weight is 339 g/mol. The zero-order valence-corrected chi connectivity index (χ0v) is 14.2. The maximum Gasteiger partial charge on any atom is 0.242 e. The molecule has 1 aromatic carbocycles. The molecule has 7 nitrogen and oxygen atoms in total. The average Bonchev–Trinajstić information content (AvgIpc) is 2.99. The van der Waals surface area contributed by atoms with Crippen LogP contribution < -0.4 is 10.2 Å². The van der Waals surface area contributed by atoms with Crippen LogP contribution in [-0.4, -0.2) is 49.4 Å². The Bertz CT molecular complexity index is 701. The normalized spacial score (nSPS) is 15.0. The molecule has 0 fully saturated rings. The highest BCUT2D eigenvalue weighted by Gasteiger charge is 2.35. The molecule has 130 valence electrons. The summed E-state index contributed by atoms with van der Waals surface area (Å²) in [5, 5.41) is 20.2. The van der Waals surface area contributed by atoms with E-state index >= 15 is 0 Å². The van der Waals surface area contributed by atoms with Crippen LogP contribution in [0.25, 0.3) is 0 Å². The Kier molecular flexibility index (Phi) is 6.36. The van der Waals surface area contributed by atoms with Gasteiger partial charge in [-0.3, -0.25) is 9.59 Å². The first-order valence-electron chi connectivity index (χ1n) is 8.20. The molecule has 0 bridgehead atoms. The van der Waals surface area contributed by atoms with Crippen molar-refractivity contribution >= 4 is 17.5 Å². The van der Waals surface area contributed by atoms with Crippen molar-refractivity contribution in [2.24, 2.45) is 0 Å². The van der Waals surface area contributed by atoms with Gasteiger partial charge in [0.25, 0.3) is 0 Å². The number of carbonyl (C=O) groups is 2. The number of nitrogens with zero attached hydrogens (tertiary/aromatic N) is 4. The van der Waals surface area contributed by atoms with Crippen molar-refractivity contribution in [3.63, 3.8) is 0 Å². The number of carbonyl (C=O) groups excluding carboxylic acids is 2. The number of hydrogen-bond donors (Lipinski definition) is 1. The smallest absolute Gasteiger partial charge is 0.242 e. The number of rotatable bonds is 7. The van der Waals surface area contributed by atoms with Gasteiger partial charge >= 0.3 is 0 Å². The van der Waals surface area contributed by atoms with E-state index in [1.807, 2.05) is 41.3 Å². The van der Waals surface area contributed by atoms with Gasteiger partial charge in [-0.05, 0) is 11.6 Å². The Balaban J connectivity index is 2.18. The van der Waals surface area contributed by atoms with E-state index in [0.29, 0.717) is 6.42 Å². The first-order chi connectivity index (χ1) is 12.1. The molecule has 1 N–H and O–H groups in total. The highest BCUT2D eigenvalue weighted by molar-refractivity contribution is 5.91. The number of likely N-dealkylation sites (N-methyl/N-ethyl adjacent to an activating group) is 1. The van der Waals surface area contributed by atoms with Crippen molar-refractivity contribution in [3.8, 4) is 12.1 Å². The van der Waals surface area contributed by atoms with Gasteiger partial charge in [-0.1, -0.05) is 18.2 Å². The summed E-state index contributed by atoms with van der Waals surface area (Å²) in [5.41, 5.74) is 1.91. The molecule has 25 heavy (non-hydrogen) atoms. The Morgan fingerprint density at radius 3 is 2.48 bits per heavy atom. The van der Waals surface area contributed by atoms with Crippen LogP contribution in [0.3, 0.4) is 0 Å². The van der Waals surface area contributed by atoms with Crippen LogP contribution in [0.5, 0.6) is 0 Å². The van der Waals surface area contributed by atoms with Gasteiger partial charge in [0.2, 0.25) is 11.8 Å². The summed E-state index contributed by atoms with van der Waals surface area (Å²) < 4.78 is 0. The molecule has 1 atom stereocenters.